The number of hydrogen-bond acceptors (Lipinski definition) is 1. The first-order valence-electron chi connectivity index (χ1n) is 5.36. The van der Waals surface area contributed by atoms with Gasteiger partial charge in [-0.25, -0.2) is 0 Å². The Morgan fingerprint density at radius 2 is 1.61 bits per heavy atom. The number of benzene rings is 2. The minimum atomic E-state index is -4.41. The standard InChI is InChI=1S/C14H11F3O/c1-9-4-2-3-5-11(9)12-8-10(14(15,16)17)6-7-13(12)18/h2-8,18H,1H3. The maximum absolute atomic E-state index is 12.6. The molecule has 0 aliphatic rings. The third kappa shape index (κ3) is 2.32. The molecule has 2 aromatic carbocycles. The molecule has 0 atom stereocenters. The lowest BCUT2D eigenvalue weighted by Crippen LogP contribution is -2.04. The molecule has 0 aliphatic carbocycles. The van der Waals surface area contributed by atoms with Crippen LogP contribution >= 0.6 is 0 Å². The minimum absolute atomic E-state index is 0.155. The number of alkyl halides is 3. The molecular formula is C14H11F3O. The highest BCUT2D eigenvalue weighted by Crippen LogP contribution is 2.37. The van der Waals surface area contributed by atoms with Crippen LogP contribution in [0.15, 0.2) is 42.5 Å². The number of aryl methyl sites for hydroxylation is 1. The van der Waals surface area contributed by atoms with Crippen LogP contribution in [0.4, 0.5) is 13.2 Å². The zero-order chi connectivity index (χ0) is 13.3. The van der Waals surface area contributed by atoms with Crippen molar-refractivity contribution in [3.63, 3.8) is 0 Å². The van der Waals surface area contributed by atoms with Crippen molar-refractivity contribution in [1.29, 1.82) is 0 Å². The summed E-state index contributed by atoms with van der Waals surface area (Å²) >= 11 is 0. The van der Waals surface area contributed by atoms with E-state index in [1.165, 1.54) is 0 Å². The number of rotatable bonds is 1. The van der Waals surface area contributed by atoms with E-state index in [9.17, 15) is 18.3 Å². The van der Waals surface area contributed by atoms with Gasteiger partial charge in [-0.2, -0.15) is 13.2 Å². The fraction of sp³-hybridized carbons (Fsp3) is 0.143. The zero-order valence-electron chi connectivity index (χ0n) is 9.62. The van der Waals surface area contributed by atoms with Crippen LogP contribution in [-0.2, 0) is 6.18 Å². The molecule has 0 aliphatic heterocycles. The maximum atomic E-state index is 12.6. The Hall–Kier alpha value is -1.97. The lowest BCUT2D eigenvalue weighted by Gasteiger charge is -2.12. The summed E-state index contributed by atoms with van der Waals surface area (Å²) in [6.45, 7) is 1.79. The predicted molar refractivity (Wildman–Crippen MR) is 63.3 cm³/mol. The molecule has 0 radical (unpaired) electrons. The van der Waals surface area contributed by atoms with Gasteiger partial charge in [0.1, 0.15) is 5.75 Å². The Bertz CT molecular complexity index is 573. The molecule has 0 amide bonds. The van der Waals surface area contributed by atoms with Crippen LogP contribution in [0, 0.1) is 6.92 Å². The van der Waals surface area contributed by atoms with E-state index in [4.69, 9.17) is 0 Å². The highest BCUT2D eigenvalue weighted by atomic mass is 19.4. The largest absolute Gasteiger partial charge is 0.507 e. The Kier molecular flexibility index (Phi) is 3.03. The van der Waals surface area contributed by atoms with E-state index < -0.39 is 11.7 Å². The van der Waals surface area contributed by atoms with Gasteiger partial charge in [0, 0.05) is 5.56 Å². The summed E-state index contributed by atoms with van der Waals surface area (Å²) in [5.41, 5.74) is 0.842. The molecule has 0 heterocycles. The fourth-order valence-electron chi connectivity index (χ4n) is 1.80. The second kappa shape index (κ2) is 4.37. The van der Waals surface area contributed by atoms with E-state index in [-0.39, 0.29) is 11.3 Å². The molecule has 0 aromatic heterocycles. The number of halogens is 3. The van der Waals surface area contributed by atoms with Gasteiger partial charge in [0.25, 0.3) is 0 Å². The van der Waals surface area contributed by atoms with Gasteiger partial charge in [-0.05, 0) is 36.2 Å². The maximum Gasteiger partial charge on any atom is 0.416 e. The fourth-order valence-corrected chi connectivity index (χ4v) is 1.80. The van der Waals surface area contributed by atoms with Gasteiger partial charge < -0.3 is 5.11 Å². The van der Waals surface area contributed by atoms with Gasteiger partial charge in [-0.1, -0.05) is 24.3 Å². The first-order chi connectivity index (χ1) is 8.39. The number of hydrogen-bond donors (Lipinski definition) is 1. The molecule has 2 rings (SSSR count). The van der Waals surface area contributed by atoms with Crippen LogP contribution in [0.5, 0.6) is 5.75 Å². The lowest BCUT2D eigenvalue weighted by molar-refractivity contribution is -0.137. The van der Waals surface area contributed by atoms with Gasteiger partial charge in [0.05, 0.1) is 5.56 Å². The van der Waals surface area contributed by atoms with Crippen LogP contribution < -0.4 is 0 Å². The molecule has 18 heavy (non-hydrogen) atoms. The van der Waals surface area contributed by atoms with E-state index >= 15 is 0 Å². The smallest absolute Gasteiger partial charge is 0.416 e. The molecule has 0 spiro atoms. The third-order valence-corrected chi connectivity index (χ3v) is 2.76. The van der Waals surface area contributed by atoms with Gasteiger partial charge in [-0.3, -0.25) is 0 Å². The van der Waals surface area contributed by atoms with E-state index in [1.807, 2.05) is 0 Å². The highest BCUT2D eigenvalue weighted by molar-refractivity contribution is 5.73. The summed E-state index contributed by atoms with van der Waals surface area (Å²) in [4.78, 5) is 0. The van der Waals surface area contributed by atoms with Crippen LogP contribution in [0.1, 0.15) is 11.1 Å². The van der Waals surface area contributed by atoms with Crippen LogP contribution in [0.2, 0.25) is 0 Å². The molecule has 0 unspecified atom stereocenters. The summed E-state index contributed by atoms with van der Waals surface area (Å²) in [6, 6.07) is 9.91. The Labute approximate surface area is 103 Å². The molecule has 0 saturated heterocycles. The van der Waals surface area contributed by atoms with Crippen molar-refractivity contribution < 1.29 is 18.3 Å². The molecule has 4 heteroatoms. The molecule has 0 saturated carbocycles. The summed E-state index contributed by atoms with van der Waals surface area (Å²) in [7, 11) is 0. The topological polar surface area (TPSA) is 20.2 Å². The third-order valence-electron chi connectivity index (χ3n) is 2.76. The molecule has 0 fully saturated rings. The SMILES string of the molecule is Cc1ccccc1-c1cc(C(F)(F)F)ccc1O. The van der Waals surface area contributed by atoms with Crippen molar-refractivity contribution in [3.8, 4) is 16.9 Å². The second-order valence-electron chi connectivity index (χ2n) is 4.04. The van der Waals surface area contributed by atoms with Gasteiger partial charge in [-0.15, -0.1) is 0 Å². The Morgan fingerprint density at radius 1 is 0.944 bits per heavy atom. The van der Waals surface area contributed by atoms with E-state index in [1.54, 1.807) is 31.2 Å². The molecular weight excluding hydrogens is 241 g/mol. The first-order valence-corrected chi connectivity index (χ1v) is 5.36. The van der Waals surface area contributed by atoms with Crippen LogP contribution in [-0.4, -0.2) is 5.11 Å². The van der Waals surface area contributed by atoms with Crippen molar-refractivity contribution in [3.05, 3.63) is 53.6 Å². The summed E-state index contributed by atoms with van der Waals surface area (Å²) in [6.07, 6.45) is -4.41. The lowest BCUT2D eigenvalue weighted by atomic mass is 9.98. The van der Waals surface area contributed by atoms with Gasteiger partial charge in [0.15, 0.2) is 0 Å². The minimum Gasteiger partial charge on any atom is -0.507 e. The number of phenolic OH excluding ortho intramolecular Hbond substituents is 1. The van der Waals surface area contributed by atoms with Gasteiger partial charge >= 0.3 is 6.18 Å². The summed E-state index contributed by atoms with van der Waals surface area (Å²) in [5, 5.41) is 9.71. The number of aromatic hydroxyl groups is 1. The predicted octanol–water partition coefficient (Wildman–Crippen LogP) is 4.39. The summed E-state index contributed by atoms with van der Waals surface area (Å²) in [5.74, 6) is -0.155. The van der Waals surface area contributed by atoms with Gasteiger partial charge in [0.2, 0.25) is 0 Å². The second-order valence-corrected chi connectivity index (χ2v) is 4.04. The normalized spacial score (nSPS) is 11.6. The Morgan fingerprint density at radius 3 is 2.22 bits per heavy atom. The van der Waals surface area contributed by atoms with Crippen molar-refractivity contribution in [2.24, 2.45) is 0 Å². The highest BCUT2D eigenvalue weighted by Gasteiger charge is 2.31. The molecule has 1 nitrogen and oxygen atoms in total. The monoisotopic (exact) mass is 252 g/mol. The zero-order valence-corrected chi connectivity index (χ0v) is 9.62. The first kappa shape index (κ1) is 12.5. The van der Waals surface area contributed by atoms with Crippen molar-refractivity contribution >= 4 is 0 Å². The van der Waals surface area contributed by atoms with Crippen molar-refractivity contribution in [1.82, 2.24) is 0 Å². The molecule has 94 valence electrons. The summed E-state index contributed by atoms with van der Waals surface area (Å²) < 4.78 is 37.9. The quantitative estimate of drug-likeness (QED) is 0.798. The van der Waals surface area contributed by atoms with Crippen molar-refractivity contribution in [2.75, 3.05) is 0 Å². The van der Waals surface area contributed by atoms with E-state index in [0.29, 0.717) is 5.56 Å². The van der Waals surface area contributed by atoms with Crippen LogP contribution in [0.25, 0.3) is 11.1 Å². The van der Waals surface area contributed by atoms with Crippen molar-refractivity contribution in [2.45, 2.75) is 13.1 Å². The average Bonchev–Trinajstić information content (AvgIpc) is 2.29. The van der Waals surface area contributed by atoms with E-state index in [2.05, 4.69) is 0 Å². The van der Waals surface area contributed by atoms with Crippen LogP contribution in [0.3, 0.4) is 0 Å². The molecule has 2 aromatic rings. The van der Waals surface area contributed by atoms with E-state index in [0.717, 1.165) is 23.8 Å². The number of phenols is 1. The average molecular weight is 252 g/mol. The molecule has 1 N–H and O–H groups in total. The molecule has 0 bridgehead atoms. The Balaban J connectivity index is 2.61.